The number of hydrogen-bond donors (Lipinski definition) is 3. The number of pyridine rings is 1. The molecule has 0 atom stereocenters. The number of benzene rings is 3. The second kappa shape index (κ2) is 13.9. The molecule has 0 bridgehead atoms. The lowest BCUT2D eigenvalue weighted by molar-refractivity contribution is -0.115. The summed E-state index contributed by atoms with van der Waals surface area (Å²) in [6, 6.07) is 21.8. The molecule has 3 N–H and O–H groups in total. The van der Waals surface area contributed by atoms with Crippen LogP contribution in [0, 0.1) is 13.8 Å². The highest BCUT2D eigenvalue weighted by Crippen LogP contribution is 2.28. The van der Waals surface area contributed by atoms with E-state index in [1.165, 1.54) is 12.3 Å². The summed E-state index contributed by atoms with van der Waals surface area (Å²) in [4.78, 5) is 28.4. The molecule has 0 saturated heterocycles. The van der Waals surface area contributed by atoms with Crippen molar-refractivity contribution < 1.29 is 32.6 Å². The van der Waals surface area contributed by atoms with Gasteiger partial charge in [0.1, 0.15) is 11.5 Å². The van der Waals surface area contributed by atoms with Crippen LogP contribution >= 0.6 is 0 Å². The number of carbonyl (C=O) groups is 2. The van der Waals surface area contributed by atoms with Gasteiger partial charge in [-0.2, -0.15) is 0 Å². The second-order valence-electron chi connectivity index (χ2n) is 11.1. The van der Waals surface area contributed by atoms with Crippen molar-refractivity contribution in [1.82, 2.24) is 9.71 Å². The van der Waals surface area contributed by atoms with Gasteiger partial charge in [0.05, 0.1) is 28.7 Å². The second-order valence-corrected chi connectivity index (χ2v) is 12.8. The maximum Gasteiger partial charge on any atom is 0.337 e. The van der Waals surface area contributed by atoms with Crippen LogP contribution in [-0.2, 0) is 21.2 Å². The van der Waals surface area contributed by atoms with Crippen molar-refractivity contribution in [2.75, 3.05) is 5.32 Å². The Morgan fingerprint density at radius 2 is 1.60 bits per heavy atom. The van der Waals surface area contributed by atoms with Crippen LogP contribution in [0.15, 0.2) is 90.0 Å². The topological polar surface area (TPSA) is 144 Å². The van der Waals surface area contributed by atoms with Crippen molar-refractivity contribution in [3.63, 3.8) is 0 Å². The Balaban J connectivity index is 1.07. The highest BCUT2D eigenvalue weighted by molar-refractivity contribution is 7.89. The Hall–Kier alpha value is -4.74. The van der Waals surface area contributed by atoms with E-state index in [1.54, 1.807) is 54.6 Å². The van der Waals surface area contributed by atoms with E-state index in [4.69, 9.17) is 9.47 Å². The third-order valence-corrected chi connectivity index (χ3v) is 9.25. The van der Waals surface area contributed by atoms with Crippen LogP contribution < -0.4 is 19.5 Å². The van der Waals surface area contributed by atoms with E-state index in [1.807, 2.05) is 32.0 Å². The minimum atomic E-state index is -3.58. The third kappa shape index (κ3) is 8.46. The molecule has 0 spiro atoms. The number of anilines is 1. The van der Waals surface area contributed by atoms with Crippen LogP contribution in [0.5, 0.6) is 17.4 Å². The molecule has 5 rings (SSSR count). The fourth-order valence-electron chi connectivity index (χ4n) is 5.10. The van der Waals surface area contributed by atoms with Gasteiger partial charge in [-0.1, -0.05) is 24.3 Å². The molecular formula is C34H35N3O7S. The fraction of sp³-hybridized carbons (Fsp3) is 0.265. The van der Waals surface area contributed by atoms with Crippen LogP contribution in [-0.4, -0.2) is 42.5 Å². The number of sulfonamides is 1. The first-order valence-corrected chi connectivity index (χ1v) is 16.2. The summed E-state index contributed by atoms with van der Waals surface area (Å²) in [5, 5.41) is 11.9. The number of rotatable bonds is 11. The molecule has 0 radical (unpaired) electrons. The molecule has 3 aromatic carbocycles. The lowest BCUT2D eigenvalue weighted by atomic mass is 9.94. The number of nitrogens with one attached hydrogen (secondary N) is 2. The largest absolute Gasteiger partial charge is 0.490 e. The van der Waals surface area contributed by atoms with Crippen molar-refractivity contribution in [3.8, 4) is 17.4 Å². The minimum absolute atomic E-state index is 0.0110. The first kappa shape index (κ1) is 31.7. The first-order valence-electron chi connectivity index (χ1n) is 14.7. The zero-order valence-electron chi connectivity index (χ0n) is 25.0. The minimum Gasteiger partial charge on any atom is -0.490 e. The summed E-state index contributed by atoms with van der Waals surface area (Å²) in [6.45, 7) is 3.86. The van der Waals surface area contributed by atoms with Gasteiger partial charge < -0.3 is 19.9 Å². The first-order chi connectivity index (χ1) is 21.6. The highest BCUT2D eigenvalue weighted by atomic mass is 32.2. The summed E-state index contributed by atoms with van der Waals surface area (Å²) >= 11 is 0. The van der Waals surface area contributed by atoms with Crippen molar-refractivity contribution in [1.29, 1.82) is 0 Å². The number of aryl methyl sites for hydroxylation is 2. The average molecular weight is 630 g/mol. The number of carboxylic acid groups (broad SMARTS) is 1. The van der Waals surface area contributed by atoms with E-state index < -0.39 is 16.0 Å². The summed E-state index contributed by atoms with van der Waals surface area (Å²) in [5.74, 6) is 0.135. The molecule has 0 unspecified atom stereocenters. The van der Waals surface area contributed by atoms with Crippen LogP contribution in [0.1, 0.15) is 52.7 Å². The van der Waals surface area contributed by atoms with Gasteiger partial charge in [0.2, 0.25) is 21.8 Å². The standard InChI is InChI=1S/C34H35N3O7S/c1-22-7-17-29(19-23(22)2)45(41,42)37-25-9-11-26(12-10-25)43-27-13-15-28(16-14-27)44-33-18-8-24(21-35-33)20-32(38)36-31-6-4-3-5-30(31)34(39)40/h3-8,13-19,21,25-26,37H,9-12,20H2,1-2H3,(H,36,38)(H,39,40). The van der Waals surface area contributed by atoms with Crippen molar-refractivity contribution >= 4 is 27.6 Å². The third-order valence-electron chi connectivity index (χ3n) is 7.73. The van der Waals surface area contributed by atoms with Gasteiger partial charge in [-0.25, -0.2) is 22.9 Å². The van der Waals surface area contributed by atoms with Crippen LogP contribution in [0.3, 0.4) is 0 Å². The fourth-order valence-corrected chi connectivity index (χ4v) is 6.49. The van der Waals surface area contributed by atoms with Crippen molar-refractivity contribution in [3.05, 3.63) is 107 Å². The van der Waals surface area contributed by atoms with Crippen molar-refractivity contribution in [2.24, 2.45) is 0 Å². The van der Waals surface area contributed by atoms with E-state index in [2.05, 4.69) is 15.0 Å². The van der Waals surface area contributed by atoms with E-state index in [0.29, 0.717) is 40.7 Å². The molecule has 234 valence electrons. The normalized spacial score (nSPS) is 16.5. The van der Waals surface area contributed by atoms with Gasteiger partial charge in [-0.3, -0.25) is 4.79 Å². The highest BCUT2D eigenvalue weighted by Gasteiger charge is 2.27. The molecule has 11 heteroatoms. The van der Waals surface area contributed by atoms with Gasteiger partial charge in [0.15, 0.2) is 0 Å². The van der Waals surface area contributed by atoms with Gasteiger partial charge in [0.25, 0.3) is 0 Å². The van der Waals surface area contributed by atoms with Gasteiger partial charge in [0, 0.05) is 18.3 Å². The lowest BCUT2D eigenvalue weighted by Crippen LogP contribution is -2.39. The van der Waals surface area contributed by atoms with E-state index >= 15 is 0 Å². The Morgan fingerprint density at radius 1 is 0.889 bits per heavy atom. The molecule has 1 saturated carbocycles. The zero-order valence-corrected chi connectivity index (χ0v) is 25.8. The predicted octanol–water partition coefficient (Wildman–Crippen LogP) is 6.04. The van der Waals surface area contributed by atoms with Gasteiger partial charge >= 0.3 is 5.97 Å². The lowest BCUT2D eigenvalue weighted by Gasteiger charge is -2.29. The summed E-state index contributed by atoms with van der Waals surface area (Å²) in [6.07, 6.45) is 4.39. The van der Waals surface area contributed by atoms with Crippen LogP contribution in [0.2, 0.25) is 0 Å². The molecule has 10 nitrogen and oxygen atoms in total. The average Bonchev–Trinajstić information content (AvgIpc) is 3.01. The quantitative estimate of drug-likeness (QED) is 0.182. The van der Waals surface area contributed by atoms with E-state index in [0.717, 1.165) is 24.0 Å². The number of nitrogens with zero attached hydrogens (tertiary/aromatic N) is 1. The molecule has 1 amide bonds. The summed E-state index contributed by atoms with van der Waals surface area (Å²) in [5.41, 5.74) is 2.90. The monoisotopic (exact) mass is 629 g/mol. The predicted molar refractivity (Wildman–Crippen MR) is 169 cm³/mol. The number of para-hydroxylation sites is 1. The molecule has 45 heavy (non-hydrogen) atoms. The molecule has 0 aliphatic heterocycles. The van der Waals surface area contributed by atoms with Crippen LogP contribution in [0.4, 0.5) is 5.69 Å². The maximum absolute atomic E-state index is 12.9. The molecule has 1 fully saturated rings. The van der Waals surface area contributed by atoms with E-state index in [9.17, 15) is 23.1 Å². The molecule has 4 aromatic rings. The van der Waals surface area contributed by atoms with Crippen LogP contribution in [0.25, 0.3) is 0 Å². The molecular weight excluding hydrogens is 594 g/mol. The number of aromatic carboxylic acids is 1. The molecule has 1 aliphatic rings. The van der Waals surface area contributed by atoms with Crippen molar-refractivity contribution in [2.45, 2.75) is 63.0 Å². The molecule has 1 heterocycles. The van der Waals surface area contributed by atoms with Gasteiger partial charge in [-0.05, 0) is 105 Å². The summed E-state index contributed by atoms with van der Waals surface area (Å²) in [7, 11) is -3.58. The number of hydrogen-bond acceptors (Lipinski definition) is 7. The Labute approximate surface area is 262 Å². The maximum atomic E-state index is 12.9. The van der Waals surface area contributed by atoms with Gasteiger partial charge in [-0.15, -0.1) is 0 Å². The Morgan fingerprint density at radius 3 is 2.27 bits per heavy atom. The molecule has 1 aliphatic carbocycles. The number of carboxylic acids is 1. The SMILES string of the molecule is Cc1ccc(S(=O)(=O)NC2CCC(Oc3ccc(Oc4ccc(CC(=O)Nc5ccccc5C(=O)O)cn4)cc3)CC2)cc1C. The van der Waals surface area contributed by atoms with E-state index in [-0.39, 0.29) is 35.7 Å². The number of amides is 1. The Bertz CT molecular complexity index is 1770. The number of ether oxygens (including phenoxy) is 2. The summed E-state index contributed by atoms with van der Waals surface area (Å²) < 4.78 is 40.6. The Kier molecular flexibility index (Phi) is 9.80. The number of aromatic nitrogens is 1. The number of carbonyl (C=O) groups excluding carboxylic acids is 1. The smallest absolute Gasteiger partial charge is 0.337 e. The zero-order chi connectivity index (χ0) is 32.0. The molecule has 1 aromatic heterocycles.